The fourth-order valence-electron chi connectivity index (χ4n) is 5.29. The molecule has 0 saturated carbocycles. The number of nitrogens with one attached hydrogen (secondary N) is 1. The van der Waals surface area contributed by atoms with Gasteiger partial charge in [0.05, 0.1) is 5.92 Å². The summed E-state index contributed by atoms with van der Waals surface area (Å²) in [4.78, 5) is 24.8. The molecule has 180 valence electrons. The average Bonchev–Trinajstić information content (AvgIpc) is 3.30. The second-order valence-electron chi connectivity index (χ2n) is 9.68. The van der Waals surface area contributed by atoms with E-state index >= 15 is 0 Å². The van der Waals surface area contributed by atoms with E-state index in [1.54, 1.807) is 6.33 Å². The molecule has 1 amide bonds. The Bertz CT molecular complexity index is 1350. The van der Waals surface area contributed by atoms with Gasteiger partial charge in [-0.05, 0) is 57.2 Å². The minimum Gasteiger partial charge on any atom is -0.355 e. The molecule has 0 radical (unpaired) electrons. The SMILES string of the molecule is Cc1cc(C)c(NC(=O)[C@@H]2CCCN(c3c(Cc4ccccc4)c(C)nc4ncnn34)C2)c(C)c1. The number of piperidine rings is 1. The van der Waals surface area contributed by atoms with Gasteiger partial charge in [0.2, 0.25) is 5.91 Å². The third-order valence-corrected chi connectivity index (χ3v) is 6.95. The maximum absolute atomic E-state index is 13.4. The van der Waals surface area contributed by atoms with E-state index in [-0.39, 0.29) is 11.8 Å². The van der Waals surface area contributed by atoms with Crippen LogP contribution in [0.25, 0.3) is 5.78 Å². The number of rotatable bonds is 5. The lowest BCUT2D eigenvalue weighted by Gasteiger charge is -2.35. The van der Waals surface area contributed by atoms with Crippen LogP contribution in [-0.4, -0.2) is 38.6 Å². The zero-order valence-corrected chi connectivity index (χ0v) is 20.9. The number of fused-ring (bicyclic) bond motifs is 1. The Hall–Kier alpha value is -3.74. The normalized spacial score (nSPS) is 16.0. The Balaban J connectivity index is 1.46. The predicted molar refractivity (Wildman–Crippen MR) is 139 cm³/mol. The molecular formula is C28H32N6O. The molecular weight excluding hydrogens is 436 g/mol. The van der Waals surface area contributed by atoms with Crippen LogP contribution in [0, 0.1) is 33.6 Å². The van der Waals surface area contributed by atoms with Crippen molar-refractivity contribution in [1.82, 2.24) is 19.6 Å². The van der Waals surface area contributed by atoms with Crippen molar-refractivity contribution in [3.8, 4) is 0 Å². The monoisotopic (exact) mass is 468 g/mol. The molecule has 2 aromatic carbocycles. The largest absolute Gasteiger partial charge is 0.355 e. The highest BCUT2D eigenvalue weighted by Crippen LogP contribution is 2.31. The number of amides is 1. The Morgan fingerprint density at radius 2 is 1.83 bits per heavy atom. The van der Waals surface area contributed by atoms with Crippen molar-refractivity contribution in [3.63, 3.8) is 0 Å². The van der Waals surface area contributed by atoms with Crippen LogP contribution in [0.5, 0.6) is 0 Å². The summed E-state index contributed by atoms with van der Waals surface area (Å²) in [6.45, 7) is 9.73. The summed E-state index contributed by atoms with van der Waals surface area (Å²) in [5.41, 5.74) is 7.63. The molecule has 7 heteroatoms. The molecule has 7 nitrogen and oxygen atoms in total. The van der Waals surface area contributed by atoms with Crippen molar-refractivity contribution in [1.29, 1.82) is 0 Å². The number of hydrogen-bond acceptors (Lipinski definition) is 5. The molecule has 1 atom stereocenters. The maximum atomic E-state index is 13.4. The van der Waals surface area contributed by atoms with E-state index in [1.807, 2.05) is 17.5 Å². The van der Waals surface area contributed by atoms with E-state index < -0.39 is 0 Å². The van der Waals surface area contributed by atoms with Crippen LogP contribution in [0.4, 0.5) is 11.5 Å². The second kappa shape index (κ2) is 9.49. The van der Waals surface area contributed by atoms with Gasteiger partial charge in [-0.2, -0.15) is 14.6 Å². The van der Waals surface area contributed by atoms with Gasteiger partial charge in [-0.1, -0.05) is 48.0 Å². The number of hydrogen-bond donors (Lipinski definition) is 1. The lowest BCUT2D eigenvalue weighted by atomic mass is 9.95. The summed E-state index contributed by atoms with van der Waals surface area (Å²) >= 11 is 0. The van der Waals surface area contributed by atoms with Gasteiger partial charge in [0.1, 0.15) is 12.1 Å². The first-order valence-corrected chi connectivity index (χ1v) is 12.3. The Kier molecular flexibility index (Phi) is 6.24. The number of anilines is 2. The molecule has 2 aromatic heterocycles. The fraction of sp³-hybridized carbons (Fsp3) is 0.357. The number of aryl methyl sites for hydroxylation is 4. The standard InChI is InChI=1S/C28H32N6O/c1-18-13-19(2)25(20(3)14-18)32-26(35)23-11-8-12-33(16-23)27-24(15-22-9-6-5-7-10-22)21(4)31-28-29-17-30-34(27)28/h5-7,9-10,13-14,17,23H,8,11-12,15-16H2,1-4H3,(H,32,35)/t23-/m1/s1. The molecule has 1 saturated heterocycles. The first-order chi connectivity index (χ1) is 16.9. The van der Waals surface area contributed by atoms with Crippen LogP contribution in [0.2, 0.25) is 0 Å². The van der Waals surface area contributed by atoms with E-state index in [0.717, 1.165) is 59.7 Å². The van der Waals surface area contributed by atoms with Crippen LogP contribution in [0.1, 0.15) is 46.4 Å². The molecule has 1 N–H and O–H groups in total. The zero-order chi connectivity index (χ0) is 24.5. The highest BCUT2D eigenvalue weighted by atomic mass is 16.1. The van der Waals surface area contributed by atoms with E-state index in [0.29, 0.717) is 12.3 Å². The van der Waals surface area contributed by atoms with Crippen molar-refractivity contribution < 1.29 is 4.79 Å². The number of aromatic nitrogens is 4. The lowest BCUT2D eigenvalue weighted by Crippen LogP contribution is -2.42. The molecule has 0 bridgehead atoms. The van der Waals surface area contributed by atoms with Crippen molar-refractivity contribution in [2.45, 2.75) is 47.0 Å². The molecule has 0 spiro atoms. The van der Waals surface area contributed by atoms with Crippen LogP contribution in [0.3, 0.4) is 0 Å². The number of nitrogens with zero attached hydrogens (tertiary/aromatic N) is 5. The fourth-order valence-corrected chi connectivity index (χ4v) is 5.29. The third kappa shape index (κ3) is 4.63. The van der Waals surface area contributed by atoms with Gasteiger partial charge in [0, 0.05) is 36.5 Å². The Morgan fingerprint density at radius 1 is 1.09 bits per heavy atom. The zero-order valence-electron chi connectivity index (χ0n) is 20.9. The van der Waals surface area contributed by atoms with Crippen molar-refractivity contribution in [3.05, 3.63) is 82.3 Å². The summed E-state index contributed by atoms with van der Waals surface area (Å²) in [7, 11) is 0. The van der Waals surface area contributed by atoms with Gasteiger partial charge >= 0.3 is 0 Å². The molecule has 1 aliphatic rings. The second-order valence-corrected chi connectivity index (χ2v) is 9.68. The minimum atomic E-state index is -0.111. The lowest BCUT2D eigenvalue weighted by molar-refractivity contribution is -0.120. The van der Waals surface area contributed by atoms with Crippen LogP contribution in [-0.2, 0) is 11.2 Å². The summed E-state index contributed by atoms with van der Waals surface area (Å²) in [6.07, 6.45) is 4.10. The van der Waals surface area contributed by atoms with Crippen LogP contribution < -0.4 is 10.2 Å². The third-order valence-electron chi connectivity index (χ3n) is 6.95. The number of carbonyl (C=O) groups excluding carboxylic acids is 1. The number of carbonyl (C=O) groups is 1. The molecule has 5 rings (SSSR count). The van der Waals surface area contributed by atoms with E-state index in [4.69, 9.17) is 4.98 Å². The van der Waals surface area contributed by atoms with Gasteiger partial charge in [0.25, 0.3) is 5.78 Å². The van der Waals surface area contributed by atoms with Crippen LogP contribution >= 0.6 is 0 Å². The molecule has 0 aliphatic carbocycles. The topological polar surface area (TPSA) is 75.4 Å². The summed E-state index contributed by atoms with van der Waals surface area (Å²) in [5, 5.41) is 7.74. The van der Waals surface area contributed by atoms with Gasteiger partial charge in [-0.25, -0.2) is 4.98 Å². The van der Waals surface area contributed by atoms with Crippen molar-refractivity contribution >= 4 is 23.2 Å². The molecule has 1 fully saturated rings. The van der Waals surface area contributed by atoms with Gasteiger partial charge in [0.15, 0.2) is 0 Å². The Labute approximate surface area is 206 Å². The predicted octanol–water partition coefficient (Wildman–Crippen LogP) is 4.80. The quantitative estimate of drug-likeness (QED) is 0.455. The van der Waals surface area contributed by atoms with Crippen LogP contribution in [0.15, 0.2) is 48.8 Å². The minimum absolute atomic E-state index is 0.0787. The van der Waals surface area contributed by atoms with E-state index in [2.05, 4.69) is 77.5 Å². The molecule has 4 aromatic rings. The smallest absolute Gasteiger partial charge is 0.254 e. The first-order valence-electron chi connectivity index (χ1n) is 12.3. The maximum Gasteiger partial charge on any atom is 0.254 e. The highest BCUT2D eigenvalue weighted by molar-refractivity contribution is 5.94. The molecule has 0 unspecified atom stereocenters. The van der Waals surface area contributed by atoms with Gasteiger partial charge in [-0.15, -0.1) is 0 Å². The Morgan fingerprint density at radius 3 is 2.57 bits per heavy atom. The van der Waals surface area contributed by atoms with E-state index in [9.17, 15) is 4.79 Å². The highest BCUT2D eigenvalue weighted by Gasteiger charge is 2.30. The van der Waals surface area contributed by atoms with Crippen molar-refractivity contribution in [2.75, 3.05) is 23.3 Å². The summed E-state index contributed by atoms with van der Waals surface area (Å²) < 4.78 is 1.83. The molecule has 1 aliphatic heterocycles. The van der Waals surface area contributed by atoms with Gasteiger partial charge < -0.3 is 10.2 Å². The first kappa shape index (κ1) is 23.0. The summed E-state index contributed by atoms with van der Waals surface area (Å²) in [5.74, 6) is 1.55. The number of benzene rings is 2. The van der Waals surface area contributed by atoms with Gasteiger partial charge in [-0.3, -0.25) is 4.79 Å². The molecule has 35 heavy (non-hydrogen) atoms. The van der Waals surface area contributed by atoms with Crippen molar-refractivity contribution in [2.24, 2.45) is 5.92 Å². The van der Waals surface area contributed by atoms with E-state index in [1.165, 1.54) is 11.1 Å². The summed E-state index contributed by atoms with van der Waals surface area (Å²) in [6, 6.07) is 14.6. The molecule has 3 heterocycles. The average molecular weight is 469 g/mol.